The van der Waals surface area contributed by atoms with Crippen LogP contribution in [0.15, 0.2) is 53.4 Å². The Morgan fingerprint density at radius 1 is 1.00 bits per heavy atom. The number of thioether (sulfide) groups is 1. The molecule has 148 valence electrons. The van der Waals surface area contributed by atoms with Gasteiger partial charge >= 0.3 is 0 Å². The topological polar surface area (TPSA) is 34.4 Å². The second-order valence-electron chi connectivity index (χ2n) is 6.39. The monoisotopic (exact) mass is 403 g/mol. The molecule has 2 aromatic carbocycles. The van der Waals surface area contributed by atoms with Gasteiger partial charge < -0.3 is 14.4 Å². The van der Waals surface area contributed by atoms with Crippen LogP contribution in [0.2, 0.25) is 0 Å². The molecule has 0 aliphatic heterocycles. The third kappa shape index (κ3) is 4.46. The lowest BCUT2D eigenvalue weighted by Gasteiger charge is -2.13. The van der Waals surface area contributed by atoms with E-state index >= 15 is 0 Å². The molecule has 0 spiro atoms. The van der Waals surface area contributed by atoms with Gasteiger partial charge in [0, 0.05) is 22.3 Å². The van der Waals surface area contributed by atoms with Crippen molar-refractivity contribution in [3.8, 4) is 16.9 Å². The molecule has 0 amide bonds. The summed E-state index contributed by atoms with van der Waals surface area (Å²) in [4.78, 5) is 1.16. The number of hydrogen-bond acceptors (Lipinski definition) is 3. The van der Waals surface area contributed by atoms with Crippen molar-refractivity contribution in [3.63, 3.8) is 0 Å². The number of hydrogen-bond donors (Lipinski definition) is 1. The number of aromatic nitrogens is 1. The zero-order chi connectivity index (χ0) is 20.1. The van der Waals surface area contributed by atoms with Gasteiger partial charge in [0.1, 0.15) is 0 Å². The SMILES string of the molecule is CSc1ccc(-c2cc(CCOCCO)c(C)n2-c2ccc(F)c(F)c2)cc1. The summed E-state index contributed by atoms with van der Waals surface area (Å²) in [5, 5.41) is 8.86. The Bertz CT molecular complexity index is 938. The number of rotatable bonds is 8. The molecule has 6 heteroatoms. The Kier molecular flexibility index (Phi) is 6.88. The molecule has 1 heterocycles. The van der Waals surface area contributed by atoms with E-state index in [1.807, 2.05) is 42.0 Å². The van der Waals surface area contributed by atoms with Gasteiger partial charge in [0.05, 0.1) is 25.5 Å². The first-order valence-electron chi connectivity index (χ1n) is 9.05. The van der Waals surface area contributed by atoms with Crippen LogP contribution in [0, 0.1) is 18.6 Å². The number of nitrogens with zero attached hydrogens (tertiary/aromatic N) is 1. The molecule has 3 rings (SSSR count). The highest BCUT2D eigenvalue weighted by atomic mass is 32.2. The lowest BCUT2D eigenvalue weighted by atomic mass is 10.1. The van der Waals surface area contributed by atoms with Crippen LogP contribution < -0.4 is 0 Å². The highest BCUT2D eigenvalue weighted by Gasteiger charge is 2.16. The van der Waals surface area contributed by atoms with E-state index in [4.69, 9.17) is 9.84 Å². The van der Waals surface area contributed by atoms with E-state index in [2.05, 4.69) is 6.07 Å². The van der Waals surface area contributed by atoms with Crippen LogP contribution in [0.1, 0.15) is 11.3 Å². The fraction of sp³-hybridized carbons (Fsp3) is 0.273. The molecule has 0 atom stereocenters. The van der Waals surface area contributed by atoms with Gasteiger partial charge in [-0.2, -0.15) is 0 Å². The summed E-state index contributed by atoms with van der Waals surface area (Å²) in [5.41, 5.74) is 4.48. The highest BCUT2D eigenvalue weighted by Crippen LogP contribution is 2.31. The van der Waals surface area contributed by atoms with Crippen LogP contribution in [0.25, 0.3) is 16.9 Å². The molecule has 3 aromatic rings. The largest absolute Gasteiger partial charge is 0.394 e. The molecule has 0 fully saturated rings. The zero-order valence-corrected chi connectivity index (χ0v) is 16.7. The fourth-order valence-corrected chi connectivity index (χ4v) is 3.60. The first-order valence-corrected chi connectivity index (χ1v) is 10.3. The summed E-state index contributed by atoms with van der Waals surface area (Å²) in [6.07, 6.45) is 2.69. The van der Waals surface area contributed by atoms with Crippen LogP contribution in [0.4, 0.5) is 8.78 Å². The Labute approximate surface area is 168 Å². The Hall–Kier alpha value is -2.15. The Morgan fingerprint density at radius 2 is 1.75 bits per heavy atom. The van der Waals surface area contributed by atoms with Crippen LogP contribution in [-0.4, -0.2) is 35.8 Å². The van der Waals surface area contributed by atoms with Gasteiger partial charge in [-0.25, -0.2) is 8.78 Å². The van der Waals surface area contributed by atoms with E-state index < -0.39 is 11.6 Å². The standard InChI is InChI=1S/C22H23F2NO2S/c1-15-17(9-11-27-12-10-26)13-22(16-3-6-19(28-2)7-4-16)25(15)18-5-8-20(23)21(24)14-18/h3-8,13-14,26H,9-12H2,1-2H3. The van der Waals surface area contributed by atoms with Gasteiger partial charge in [-0.05, 0) is 61.1 Å². The molecule has 0 unspecified atom stereocenters. The molecule has 3 nitrogen and oxygen atoms in total. The minimum absolute atomic E-state index is 0.0120. The molecule has 0 saturated heterocycles. The van der Waals surface area contributed by atoms with E-state index in [1.165, 1.54) is 6.07 Å². The molecule has 0 saturated carbocycles. The summed E-state index contributed by atoms with van der Waals surface area (Å²) in [6.45, 7) is 2.73. The maximum atomic E-state index is 13.9. The van der Waals surface area contributed by atoms with Crippen LogP contribution in [0.3, 0.4) is 0 Å². The van der Waals surface area contributed by atoms with E-state index in [0.717, 1.165) is 33.5 Å². The lowest BCUT2D eigenvalue weighted by molar-refractivity contribution is 0.0944. The van der Waals surface area contributed by atoms with Crippen molar-refractivity contribution in [2.75, 3.05) is 26.1 Å². The molecule has 1 aromatic heterocycles. The molecule has 0 aliphatic rings. The number of aliphatic hydroxyl groups excluding tert-OH is 1. The molecule has 1 N–H and O–H groups in total. The molecule has 0 radical (unpaired) electrons. The van der Waals surface area contributed by atoms with Crippen molar-refractivity contribution in [2.45, 2.75) is 18.2 Å². The highest BCUT2D eigenvalue weighted by molar-refractivity contribution is 7.98. The summed E-state index contributed by atoms with van der Waals surface area (Å²) >= 11 is 1.67. The first-order chi connectivity index (χ1) is 13.5. The number of benzene rings is 2. The first kappa shape index (κ1) is 20.6. The van der Waals surface area contributed by atoms with Crippen molar-refractivity contribution >= 4 is 11.8 Å². The van der Waals surface area contributed by atoms with Crippen molar-refractivity contribution in [2.24, 2.45) is 0 Å². The van der Waals surface area contributed by atoms with Crippen molar-refractivity contribution in [1.29, 1.82) is 0 Å². The predicted molar refractivity (Wildman–Crippen MR) is 109 cm³/mol. The molecule has 0 aliphatic carbocycles. The van der Waals surface area contributed by atoms with Gasteiger partial charge in [0.2, 0.25) is 0 Å². The lowest BCUT2D eigenvalue weighted by Crippen LogP contribution is -2.05. The smallest absolute Gasteiger partial charge is 0.160 e. The molecular weight excluding hydrogens is 380 g/mol. The maximum Gasteiger partial charge on any atom is 0.160 e. The van der Waals surface area contributed by atoms with E-state index in [9.17, 15) is 8.78 Å². The van der Waals surface area contributed by atoms with Crippen molar-refractivity contribution in [1.82, 2.24) is 4.57 Å². The van der Waals surface area contributed by atoms with Gasteiger partial charge in [-0.3, -0.25) is 0 Å². The molecule has 28 heavy (non-hydrogen) atoms. The quantitative estimate of drug-likeness (QED) is 0.424. The number of aliphatic hydroxyl groups is 1. The fourth-order valence-electron chi connectivity index (χ4n) is 3.19. The van der Waals surface area contributed by atoms with Gasteiger partial charge in [-0.1, -0.05) is 12.1 Å². The number of ether oxygens (including phenoxy) is 1. The van der Waals surface area contributed by atoms with Gasteiger partial charge in [-0.15, -0.1) is 11.8 Å². The minimum atomic E-state index is -0.873. The van der Waals surface area contributed by atoms with E-state index in [1.54, 1.807) is 17.8 Å². The van der Waals surface area contributed by atoms with Crippen LogP contribution in [0.5, 0.6) is 0 Å². The Morgan fingerprint density at radius 3 is 2.39 bits per heavy atom. The normalized spacial score (nSPS) is 11.2. The minimum Gasteiger partial charge on any atom is -0.394 e. The second-order valence-corrected chi connectivity index (χ2v) is 7.27. The summed E-state index contributed by atoms with van der Waals surface area (Å²) in [6, 6.07) is 14.2. The number of halogens is 2. The van der Waals surface area contributed by atoms with Crippen LogP contribution >= 0.6 is 11.8 Å². The average molecular weight is 403 g/mol. The average Bonchev–Trinajstić information content (AvgIpc) is 3.04. The van der Waals surface area contributed by atoms with Crippen LogP contribution in [-0.2, 0) is 11.2 Å². The van der Waals surface area contributed by atoms with E-state index in [-0.39, 0.29) is 6.61 Å². The third-order valence-electron chi connectivity index (χ3n) is 4.65. The van der Waals surface area contributed by atoms with E-state index in [0.29, 0.717) is 25.3 Å². The van der Waals surface area contributed by atoms with Crippen molar-refractivity contribution in [3.05, 3.63) is 71.4 Å². The summed E-state index contributed by atoms with van der Waals surface area (Å²) in [5.74, 6) is -1.74. The van der Waals surface area contributed by atoms with Gasteiger partial charge in [0.25, 0.3) is 0 Å². The van der Waals surface area contributed by atoms with Gasteiger partial charge in [0.15, 0.2) is 11.6 Å². The van der Waals surface area contributed by atoms with Crippen molar-refractivity contribution < 1.29 is 18.6 Å². The summed E-state index contributed by atoms with van der Waals surface area (Å²) in [7, 11) is 0. The predicted octanol–water partition coefficient (Wildman–Crippen LogP) is 5.00. The zero-order valence-electron chi connectivity index (χ0n) is 15.9. The third-order valence-corrected chi connectivity index (χ3v) is 5.39. The Balaban J connectivity index is 2.05. The second kappa shape index (κ2) is 9.37. The molecule has 0 bridgehead atoms. The maximum absolute atomic E-state index is 13.9. The summed E-state index contributed by atoms with van der Waals surface area (Å²) < 4.78 is 34.7. The molecular formula is C22H23F2NO2S.